The van der Waals surface area contributed by atoms with Gasteiger partial charge in [0.15, 0.2) is 11.4 Å². The van der Waals surface area contributed by atoms with Gasteiger partial charge in [-0.05, 0) is 30.5 Å². The molecular weight excluding hydrogens is 280 g/mol. The van der Waals surface area contributed by atoms with Crippen LogP contribution in [-0.4, -0.2) is 29.1 Å². The average Bonchev–Trinajstić information content (AvgIpc) is 3.08. The summed E-state index contributed by atoms with van der Waals surface area (Å²) in [5, 5.41) is 9.37. The molecule has 0 amide bonds. The van der Waals surface area contributed by atoms with Gasteiger partial charge in [0.25, 0.3) is 0 Å². The van der Waals surface area contributed by atoms with E-state index in [-0.39, 0.29) is 5.69 Å². The van der Waals surface area contributed by atoms with Crippen LogP contribution in [0.5, 0.6) is 5.75 Å². The number of hydrogen-bond acceptors (Lipinski definition) is 4. The second-order valence-corrected chi connectivity index (χ2v) is 5.29. The summed E-state index contributed by atoms with van der Waals surface area (Å²) < 4.78 is 5.64. The molecular formula is C17H18N2O3. The van der Waals surface area contributed by atoms with E-state index >= 15 is 0 Å². The molecule has 0 unspecified atom stereocenters. The first-order valence-electron chi connectivity index (χ1n) is 7.40. The lowest BCUT2D eigenvalue weighted by Gasteiger charge is -2.17. The lowest BCUT2D eigenvalue weighted by atomic mass is 10.2. The summed E-state index contributed by atoms with van der Waals surface area (Å²) in [7, 11) is 0. The molecule has 1 saturated heterocycles. The standard InChI is InChI=1S/C17H18N2O3/c20-17(21)16-14(22-12-13-6-2-1-3-7-13)8-9-15(18-16)19-10-4-5-11-19/h1-3,6-9H,4-5,10-12H2,(H,20,21). The minimum absolute atomic E-state index is 0.0275. The van der Waals surface area contributed by atoms with Crippen molar-refractivity contribution in [2.24, 2.45) is 0 Å². The second-order valence-electron chi connectivity index (χ2n) is 5.29. The van der Waals surface area contributed by atoms with E-state index < -0.39 is 5.97 Å². The molecule has 0 aliphatic carbocycles. The first-order valence-corrected chi connectivity index (χ1v) is 7.40. The number of rotatable bonds is 5. The summed E-state index contributed by atoms with van der Waals surface area (Å²) in [5.74, 6) is -0.0506. The molecule has 5 heteroatoms. The molecule has 0 spiro atoms. The Hall–Kier alpha value is -2.56. The summed E-state index contributed by atoms with van der Waals surface area (Å²) in [5.41, 5.74) is 0.961. The van der Waals surface area contributed by atoms with Crippen molar-refractivity contribution in [3.05, 3.63) is 53.7 Å². The summed E-state index contributed by atoms with van der Waals surface area (Å²) in [4.78, 5) is 17.8. The van der Waals surface area contributed by atoms with E-state index in [0.29, 0.717) is 18.2 Å². The largest absolute Gasteiger partial charge is 0.486 e. The van der Waals surface area contributed by atoms with Gasteiger partial charge in [0.05, 0.1) is 0 Å². The number of nitrogens with zero attached hydrogens (tertiary/aromatic N) is 2. The smallest absolute Gasteiger partial charge is 0.358 e. The van der Waals surface area contributed by atoms with Crippen LogP contribution in [-0.2, 0) is 6.61 Å². The van der Waals surface area contributed by atoms with E-state index in [0.717, 1.165) is 31.5 Å². The third kappa shape index (κ3) is 3.19. The maximum atomic E-state index is 11.4. The maximum absolute atomic E-state index is 11.4. The Labute approximate surface area is 129 Å². The number of hydrogen-bond donors (Lipinski definition) is 1. The van der Waals surface area contributed by atoms with Gasteiger partial charge in [0.1, 0.15) is 12.4 Å². The van der Waals surface area contributed by atoms with Gasteiger partial charge < -0.3 is 14.7 Å². The van der Waals surface area contributed by atoms with Crippen molar-refractivity contribution in [3.8, 4) is 5.75 Å². The van der Waals surface area contributed by atoms with Crippen molar-refractivity contribution in [1.29, 1.82) is 0 Å². The van der Waals surface area contributed by atoms with Crippen LogP contribution < -0.4 is 9.64 Å². The highest BCUT2D eigenvalue weighted by Crippen LogP contribution is 2.24. The fourth-order valence-electron chi connectivity index (χ4n) is 2.56. The highest BCUT2D eigenvalue weighted by Gasteiger charge is 2.19. The molecule has 0 saturated carbocycles. The lowest BCUT2D eigenvalue weighted by molar-refractivity contribution is 0.0685. The quantitative estimate of drug-likeness (QED) is 0.919. The van der Waals surface area contributed by atoms with Crippen LogP contribution in [0.15, 0.2) is 42.5 Å². The Morgan fingerprint density at radius 2 is 1.86 bits per heavy atom. The van der Waals surface area contributed by atoms with E-state index in [1.54, 1.807) is 6.07 Å². The number of aromatic carboxylic acids is 1. The van der Waals surface area contributed by atoms with Gasteiger partial charge in [-0.2, -0.15) is 0 Å². The molecule has 3 rings (SSSR count). The number of carboxylic acid groups (broad SMARTS) is 1. The van der Waals surface area contributed by atoms with E-state index in [4.69, 9.17) is 4.74 Å². The maximum Gasteiger partial charge on any atom is 0.358 e. The number of ether oxygens (including phenoxy) is 1. The second kappa shape index (κ2) is 6.47. The molecule has 1 aromatic heterocycles. The third-order valence-electron chi connectivity index (χ3n) is 3.71. The molecule has 114 valence electrons. The number of carboxylic acids is 1. The summed E-state index contributed by atoms with van der Waals surface area (Å²) in [6.45, 7) is 2.18. The Kier molecular flexibility index (Phi) is 4.23. The van der Waals surface area contributed by atoms with Crippen molar-refractivity contribution in [2.75, 3.05) is 18.0 Å². The number of pyridine rings is 1. The average molecular weight is 298 g/mol. The molecule has 1 N–H and O–H groups in total. The third-order valence-corrected chi connectivity index (χ3v) is 3.71. The van der Waals surface area contributed by atoms with Crippen molar-refractivity contribution in [3.63, 3.8) is 0 Å². The van der Waals surface area contributed by atoms with Crippen LogP contribution in [0.25, 0.3) is 0 Å². The molecule has 1 aliphatic heterocycles. The first-order chi connectivity index (χ1) is 10.7. The predicted molar refractivity (Wildman–Crippen MR) is 83.4 cm³/mol. The van der Waals surface area contributed by atoms with Crippen LogP contribution in [0.2, 0.25) is 0 Å². The lowest BCUT2D eigenvalue weighted by Crippen LogP contribution is -2.20. The molecule has 22 heavy (non-hydrogen) atoms. The molecule has 2 aromatic rings. The highest BCUT2D eigenvalue weighted by molar-refractivity contribution is 5.89. The topological polar surface area (TPSA) is 62.7 Å². The Morgan fingerprint density at radius 1 is 1.14 bits per heavy atom. The number of aromatic nitrogens is 1. The molecule has 1 aliphatic rings. The monoisotopic (exact) mass is 298 g/mol. The minimum Gasteiger partial charge on any atom is -0.486 e. The molecule has 2 heterocycles. The Bertz CT molecular complexity index is 652. The van der Waals surface area contributed by atoms with Gasteiger partial charge >= 0.3 is 5.97 Å². The molecule has 0 radical (unpaired) electrons. The highest BCUT2D eigenvalue weighted by atomic mass is 16.5. The van der Waals surface area contributed by atoms with Gasteiger partial charge in [-0.1, -0.05) is 30.3 Å². The van der Waals surface area contributed by atoms with Crippen molar-refractivity contribution >= 4 is 11.8 Å². The zero-order chi connectivity index (χ0) is 15.4. The van der Waals surface area contributed by atoms with Crippen molar-refractivity contribution in [1.82, 2.24) is 4.98 Å². The molecule has 1 fully saturated rings. The summed E-state index contributed by atoms with van der Waals surface area (Å²) in [6, 6.07) is 13.2. The zero-order valence-electron chi connectivity index (χ0n) is 12.2. The number of benzene rings is 1. The summed E-state index contributed by atoms with van der Waals surface area (Å²) in [6.07, 6.45) is 2.24. The van der Waals surface area contributed by atoms with E-state index in [1.165, 1.54) is 0 Å². The molecule has 0 atom stereocenters. The van der Waals surface area contributed by atoms with Gasteiger partial charge in [-0.15, -0.1) is 0 Å². The van der Waals surface area contributed by atoms with Crippen LogP contribution >= 0.6 is 0 Å². The van der Waals surface area contributed by atoms with Crippen LogP contribution in [0, 0.1) is 0 Å². The van der Waals surface area contributed by atoms with Crippen LogP contribution in [0.4, 0.5) is 5.82 Å². The fourth-order valence-corrected chi connectivity index (χ4v) is 2.56. The van der Waals surface area contributed by atoms with E-state index in [2.05, 4.69) is 9.88 Å². The molecule has 5 nitrogen and oxygen atoms in total. The van der Waals surface area contributed by atoms with Crippen LogP contribution in [0.1, 0.15) is 28.9 Å². The fraction of sp³-hybridized carbons (Fsp3) is 0.294. The normalized spacial score (nSPS) is 14.1. The zero-order valence-corrected chi connectivity index (χ0v) is 12.2. The van der Waals surface area contributed by atoms with Crippen molar-refractivity contribution in [2.45, 2.75) is 19.4 Å². The van der Waals surface area contributed by atoms with Gasteiger partial charge in [0, 0.05) is 13.1 Å². The SMILES string of the molecule is O=C(O)c1nc(N2CCCC2)ccc1OCc1ccccc1. The van der Waals surface area contributed by atoms with Gasteiger partial charge in [0.2, 0.25) is 0 Å². The predicted octanol–water partition coefficient (Wildman–Crippen LogP) is 2.96. The van der Waals surface area contributed by atoms with Crippen molar-refractivity contribution < 1.29 is 14.6 Å². The minimum atomic E-state index is -1.07. The Morgan fingerprint density at radius 3 is 2.55 bits per heavy atom. The van der Waals surface area contributed by atoms with E-state index in [1.807, 2.05) is 36.4 Å². The first kappa shape index (κ1) is 14.4. The Balaban J connectivity index is 1.79. The summed E-state index contributed by atoms with van der Waals surface area (Å²) >= 11 is 0. The van der Waals surface area contributed by atoms with Gasteiger partial charge in [-0.3, -0.25) is 0 Å². The van der Waals surface area contributed by atoms with Crippen LogP contribution in [0.3, 0.4) is 0 Å². The molecule has 0 bridgehead atoms. The molecule has 1 aromatic carbocycles. The van der Waals surface area contributed by atoms with E-state index in [9.17, 15) is 9.90 Å². The number of anilines is 1. The number of carbonyl (C=O) groups is 1. The van der Waals surface area contributed by atoms with Gasteiger partial charge in [-0.25, -0.2) is 9.78 Å².